The molecule has 0 fully saturated rings. The molecular formula is C25H30O2. The predicted octanol–water partition coefficient (Wildman–Crippen LogP) is 6.76. The van der Waals surface area contributed by atoms with Crippen LogP contribution in [-0.2, 0) is 4.79 Å². The van der Waals surface area contributed by atoms with Gasteiger partial charge in [-0.05, 0) is 56.6 Å². The summed E-state index contributed by atoms with van der Waals surface area (Å²) in [5, 5.41) is 9.43. The first-order valence-electron chi connectivity index (χ1n) is 9.83. The molecule has 0 saturated carbocycles. The van der Waals surface area contributed by atoms with Gasteiger partial charge in [0.1, 0.15) is 0 Å². The monoisotopic (exact) mass is 362 g/mol. The van der Waals surface area contributed by atoms with Gasteiger partial charge in [0.05, 0.1) is 5.92 Å². The Morgan fingerprint density at radius 2 is 1.37 bits per heavy atom. The van der Waals surface area contributed by atoms with Gasteiger partial charge < -0.3 is 5.11 Å². The summed E-state index contributed by atoms with van der Waals surface area (Å²) < 4.78 is 0. The average molecular weight is 363 g/mol. The molecule has 2 heteroatoms. The highest BCUT2D eigenvalue weighted by atomic mass is 16.4. The van der Waals surface area contributed by atoms with Gasteiger partial charge in [-0.3, -0.25) is 4.79 Å². The maximum Gasteiger partial charge on any atom is 0.306 e. The van der Waals surface area contributed by atoms with Gasteiger partial charge in [-0.1, -0.05) is 84.5 Å². The summed E-state index contributed by atoms with van der Waals surface area (Å²) in [4.78, 5) is 11.5. The molecule has 0 aromatic heterocycles. The molecule has 2 aromatic rings. The number of carbonyl (C=O) groups is 1. The van der Waals surface area contributed by atoms with E-state index in [4.69, 9.17) is 0 Å². The van der Waals surface area contributed by atoms with Gasteiger partial charge in [-0.25, -0.2) is 0 Å². The van der Waals surface area contributed by atoms with Gasteiger partial charge in [0.15, 0.2) is 0 Å². The van der Waals surface area contributed by atoms with E-state index in [1.54, 1.807) is 0 Å². The third-order valence-corrected chi connectivity index (χ3v) is 4.69. The Bertz CT molecular complexity index is 727. The van der Waals surface area contributed by atoms with Crippen LogP contribution in [0.5, 0.6) is 0 Å². The van der Waals surface area contributed by atoms with E-state index in [-0.39, 0.29) is 5.92 Å². The number of aryl methyl sites for hydroxylation is 1. The Balaban J connectivity index is 1.65. The van der Waals surface area contributed by atoms with Crippen molar-refractivity contribution in [3.05, 3.63) is 83.4 Å². The van der Waals surface area contributed by atoms with Crippen LogP contribution in [0.1, 0.15) is 55.2 Å². The maximum atomic E-state index is 11.5. The molecule has 0 saturated heterocycles. The van der Waals surface area contributed by atoms with Crippen molar-refractivity contribution in [1.82, 2.24) is 0 Å². The zero-order valence-electron chi connectivity index (χ0n) is 16.2. The van der Waals surface area contributed by atoms with E-state index < -0.39 is 5.97 Å². The molecule has 1 unspecified atom stereocenters. The SMILES string of the molecule is Cc1ccc(/C=C/CCCC(CCC/C=C/c2ccccc2)C(=O)O)cc1. The van der Waals surface area contributed by atoms with Gasteiger partial charge in [-0.15, -0.1) is 0 Å². The number of unbranched alkanes of at least 4 members (excludes halogenated alkanes) is 2. The van der Waals surface area contributed by atoms with Crippen LogP contribution in [0.2, 0.25) is 0 Å². The lowest BCUT2D eigenvalue weighted by molar-refractivity contribution is -0.142. The van der Waals surface area contributed by atoms with Crippen LogP contribution in [0.4, 0.5) is 0 Å². The lowest BCUT2D eigenvalue weighted by atomic mass is 9.95. The zero-order chi connectivity index (χ0) is 19.3. The molecule has 27 heavy (non-hydrogen) atoms. The van der Waals surface area contributed by atoms with Crippen LogP contribution in [-0.4, -0.2) is 11.1 Å². The van der Waals surface area contributed by atoms with Crippen molar-refractivity contribution in [3.8, 4) is 0 Å². The van der Waals surface area contributed by atoms with E-state index in [1.165, 1.54) is 16.7 Å². The molecular weight excluding hydrogens is 332 g/mol. The van der Waals surface area contributed by atoms with E-state index >= 15 is 0 Å². The Morgan fingerprint density at radius 1 is 0.852 bits per heavy atom. The molecule has 1 N–H and O–H groups in total. The van der Waals surface area contributed by atoms with Crippen molar-refractivity contribution in [1.29, 1.82) is 0 Å². The number of hydrogen-bond donors (Lipinski definition) is 1. The molecule has 0 heterocycles. The molecule has 2 nitrogen and oxygen atoms in total. The number of aliphatic carboxylic acids is 1. The van der Waals surface area contributed by atoms with E-state index in [0.29, 0.717) is 0 Å². The first kappa shape index (κ1) is 20.7. The summed E-state index contributed by atoms with van der Waals surface area (Å²) in [6.45, 7) is 2.08. The van der Waals surface area contributed by atoms with Gasteiger partial charge in [-0.2, -0.15) is 0 Å². The highest BCUT2D eigenvalue weighted by Crippen LogP contribution is 2.18. The van der Waals surface area contributed by atoms with Crippen molar-refractivity contribution in [2.24, 2.45) is 5.92 Å². The summed E-state index contributed by atoms with van der Waals surface area (Å²) in [7, 11) is 0. The Hall–Kier alpha value is -2.61. The molecule has 0 spiro atoms. The van der Waals surface area contributed by atoms with Crippen LogP contribution >= 0.6 is 0 Å². The molecule has 0 aliphatic heterocycles. The van der Waals surface area contributed by atoms with Crippen LogP contribution in [0.3, 0.4) is 0 Å². The fraction of sp³-hybridized carbons (Fsp3) is 0.320. The number of hydrogen-bond acceptors (Lipinski definition) is 1. The van der Waals surface area contributed by atoms with Gasteiger partial charge in [0.2, 0.25) is 0 Å². The number of carboxylic acid groups (broad SMARTS) is 1. The van der Waals surface area contributed by atoms with E-state index in [2.05, 4.69) is 67.6 Å². The molecule has 2 rings (SSSR count). The molecule has 0 aliphatic carbocycles. The van der Waals surface area contributed by atoms with Gasteiger partial charge in [0.25, 0.3) is 0 Å². The normalized spacial score (nSPS) is 12.6. The van der Waals surface area contributed by atoms with Crippen LogP contribution in [0.25, 0.3) is 12.2 Å². The number of allylic oxidation sites excluding steroid dienone is 2. The summed E-state index contributed by atoms with van der Waals surface area (Å²) in [5.41, 5.74) is 3.64. The number of carboxylic acids is 1. The van der Waals surface area contributed by atoms with E-state index in [9.17, 15) is 9.90 Å². The van der Waals surface area contributed by atoms with Crippen LogP contribution < -0.4 is 0 Å². The van der Waals surface area contributed by atoms with Crippen molar-refractivity contribution >= 4 is 18.1 Å². The Morgan fingerprint density at radius 3 is 1.89 bits per heavy atom. The fourth-order valence-electron chi connectivity index (χ4n) is 3.04. The van der Waals surface area contributed by atoms with Gasteiger partial charge >= 0.3 is 5.97 Å². The topological polar surface area (TPSA) is 37.3 Å². The van der Waals surface area contributed by atoms with Crippen molar-refractivity contribution < 1.29 is 9.90 Å². The molecule has 0 bridgehead atoms. The quantitative estimate of drug-likeness (QED) is 0.448. The van der Waals surface area contributed by atoms with E-state index in [0.717, 1.165) is 38.5 Å². The largest absolute Gasteiger partial charge is 0.481 e. The Kier molecular flexibility index (Phi) is 9.12. The number of rotatable bonds is 11. The summed E-state index contributed by atoms with van der Waals surface area (Å²) in [6, 6.07) is 18.6. The summed E-state index contributed by atoms with van der Waals surface area (Å²) >= 11 is 0. The maximum absolute atomic E-state index is 11.5. The highest BCUT2D eigenvalue weighted by molar-refractivity contribution is 5.69. The molecule has 0 aliphatic rings. The lowest BCUT2D eigenvalue weighted by Gasteiger charge is -2.10. The first-order chi connectivity index (χ1) is 13.1. The smallest absolute Gasteiger partial charge is 0.306 e. The van der Waals surface area contributed by atoms with E-state index in [1.807, 2.05) is 18.2 Å². The standard InChI is InChI=1S/C25H30O2/c1-21-17-19-23(20-18-21)14-8-4-10-16-24(25(26)27)15-9-3-7-13-22-11-5-2-6-12-22/h2,5-8,11-14,17-20,24H,3-4,9-10,15-16H2,1H3,(H,26,27)/b13-7+,14-8+. The zero-order valence-corrected chi connectivity index (χ0v) is 16.2. The minimum atomic E-state index is -0.662. The highest BCUT2D eigenvalue weighted by Gasteiger charge is 2.15. The van der Waals surface area contributed by atoms with Crippen LogP contribution in [0.15, 0.2) is 66.7 Å². The molecule has 2 aromatic carbocycles. The van der Waals surface area contributed by atoms with Crippen molar-refractivity contribution in [2.75, 3.05) is 0 Å². The second kappa shape index (κ2) is 11.9. The minimum Gasteiger partial charge on any atom is -0.481 e. The molecule has 0 amide bonds. The lowest BCUT2D eigenvalue weighted by Crippen LogP contribution is -2.13. The van der Waals surface area contributed by atoms with Gasteiger partial charge in [0, 0.05) is 0 Å². The second-order valence-corrected chi connectivity index (χ2v) is 7.02. The van der Waals surface area contributed by atoms with Crippen molar-refractivity contribution in [3.63, 3.8) is 0 Å². The molecule has 1 atom stereocenters. The molecule has 0 radical (unpaired) electrons. The fourth-order valence-corrected chi connectivity index (χ4v) is 3.04. The Labute approximate surface area is 163 Å². The minimum absolute atomic E-state index is 0.233. The first-order valence-corrected chi connectivity index (χ1v) is 9.83. The summed E-state index contributed by atoms with van der Waals surface area (Å²) in [5.74, 6) is -0.896. The van der Waals surface area contributed by atoms with Crippen molar-refractivity contribution in [2.45, 2.75) is 45.4 Å². The summed E-state index contributed by atoms with van der Waals surface area (Å²) in [6.07, 6.45) is 13.7. The number of benzene rings is 2. The molecule has 142 valence electrons. The average Bonchev–Trinajstić information content (AvgIpc) is 2.68. The van der Waals surface area contributed by atoms with Crippen LogP contribution in [0, 0.1) is 12.8 Å². The third-order valence-electron chi connectivity index (χ3n) is 4.69. The third kappa shape index (κ3) is 8.54. The second-order valence-electron chi connectivity index (χ2n) is 7.02. The predicted molar refractivity (Wildman–Crippen MR) is 115 cm³/mol.